The van der Waals surface area contributed by atoms with E-state index in [0.29, 0.717) is 32.0 Å². The molecule has 2 aliphatic rings. The number of rotatable bonds is 5. The molecule has 0 saturated carbocycles. The average Bonchev–Trinajstić information content (AvgIpc) is 2.79. The summed E-state index contributed by atoms with van der Waals surface area (Å²) in [5, 5.41) is 3.00. The average molecular weight is 432 g/mol. The summed E-state index contributed by atoms with van der Waals surface area (Å²) in [7, 11) is -2.28. The largest absolute Gasteiger partial charge is 0.496 e. The quantitative estimate of drug-likeness (QED) is 0.776. The van der Waals surface area contributed by atoms with Gasteiger partial charge in [0.05, 0.1) is 43.4 Å². The van der Waals surface area contributed by atoms with Gasteiger partial charge in [0, 0.05) is 25.1 Å². The van der Waals surface area contributed by atoms with Crippen LogP contribution in [0.15, 0.2) is 47.4 Å². The maximum Gasteiger partial charge on any atom is 0.255 e. The Kier molecular flexibility index (Phi) is 5.94. The van der Waals surface area contributed by atoms with Crippen LogP contribution >= 0.6 is 0 Å². The molecule has 2 aromatic carbocycles. The molecule has 160 valence electrons. The van der Waals surface area contributed by atoms with Crippen molar-refractivity contribution in [3.8, 4) is 11.5 Å². The van der Waals surface area contributed by atoms with Crippen LogP contribution in [0.2, 0.25) is 0 Å². The second-order valence-electron chi connectivity index (χ2n) is 7.08. The fourth-order valence-corrected chi connectivity index (χ4v) is 5.12. The van der Waals surface area contributed by atoms with Gasteiger partial charge in [-0.05, 0) is 24.3 Å². The van der Waals surface area contributed by atoms with Crippen molar-refractivity contribution in [3.63, 3.8) is 0 Å². The number of sulfonamides is 1. The lowest BCUT2D eigenvalue weighted by Crippen LogP contribution is -2.40. The van der Waals surface area contributed by atoms with E-state index in [1.807, 2.05) is 24.3 Å². The Morgan fingerprint density at radius 1 is 1.13 bits per heavy atom. The third-order valence-corrected chi connectivity index (χ3v) is 7.18. The van der Waals surface area contributed by atoms with Gasteiger partial charge in [0.15, 0.2) is 0 Å². The highest BCUT2D eigenvalue weighted by Crippen LogP contribution is 2.32. The van der Waals surface area contributed by atoms with Gasteiger partial charge in [0.2, 0.25) is 10.0 Å². The molecule has 0 aromatic heterocycles. The molecule has 30 heavy (non-hydrogen) atoms. The number of para-hydroxylation sites is 1. The van der Waals surface area contributed by atoms with Crippen molar-refractivity contribution < 1.29 is 27.4 Å². The maximum absolute atomic E-state index is 13.1. The summed E-state index contributed by atoms with van der Waals surface area (Å²) < 4.78 is 43.6. The number of nitrogens with zero attached hydrogens (tertiary/aromatic N) is 1. The minimum Gasteiger partial charge on any atom is -0.496 e. The highest BCUT2D eigenvalue weighted by Gasteiger charge is 2.29. The van der Waals surface area contributed by atoms with Crippen LogP contribution in [0.4, 0.5) is 0 Å². The lowest BCUT2D eigenvalue weighted by molar-refractivity contribution is 0.0730. The molecule has 2 aromatic rings. The fourth-order valence-electron chi connectivity index (χ4n) is 3.69. The van der Waals surface area contributed by atoms with Gasteiger partial charge < -0.3 is 19.5 Å². The Morgan fingerprint density at radius 2 is 1.90 bits per heavy atom. The number of benzene rings is 2. The summed E-state index contributed by atoms with van der Waals surface area (Å²) in [6.07, 6.45) is 0.622. The topological polar surface area (TPSA) is 94.2 Å². The number of hydrogen-bond acceptors (Lipinski definition) is 6. The molecule has 1 atom stereocenters. The van der Waals surface area contributed by atoms with Gasteiger partial charge in [-0.3, -0.25) is 4.79 Å². The van der Waals surface area contributed by atoms with Gasteiger partial charge in [0.25, 0.3) is 5.91 Å². The summed E-state index contributed by atoms with van der Waals surface area (Å²) in [6.45, 7) is 1.77. The standard InChI is InChI=1S/C21H24N2O6S/c1-27-19-7-6-15(30(25,26)23-9-12-28-13-10-23)14-17(19)21(24)22-18-8-11-29-20-5-3-2-4-16(18)20/h2-7,14,18H,8-13H2,1H3,(H,22,24). The Labute approximate surface area is 175 Å². The first-order valence-electron chi connectivity index (χ1n) is 9.79. The van der Waals surface area contributed by atoms with Crippen LogP contribution in [-0.2, 0) is 14.8 Å². The van der Waals surface area contributed by atoms with Gasteiger partial charge in [-0.2, -0.15) is 4.31 Å². The van der Waals surface area contributed by atoms with Crippen LogP contribution in [0.25, 0.3) is 0 Å². The predicted molar refractivity (Wildman–Crippen MR) is 109 cm³/mol. The van der Waals surface area contributed by atoms with Crippen LogP contribution < -0.4 is 14.8 Å². The number of nitrogens with one attached hydrogen (secondary N) is 1. The molecular weight excluding hydrogens is 408 g/mol. The van der Waals surface area contributed by atoms with E-state index in [2.05, 4.69) is 5.32 Å². The molecule has 0 bridgehead atoms. The van der Waals surface area contributed by atoms with E-state index in [9.17, 15) is 13.2 Å². The van der Waals surface area contributed by atoms with Crippen molar-refractivity contribution in [3.05, 3.63) is 53.6 Å². The van der Waals surface area contributed by atoms with Gasteiger partial charge in [-0.25, -0.2) is 8.42 Å². The van der Waals surface area contributed by atoms with Crippen molar-refractivity contribution in [1.82, 2.24) is 9.62 Å². The van der Waals surface area contributed by atoms with Gasteiger partial charge in [-0.1, -0.05) is 18.2 Å². The third kappa shape index (κ3) is 4.00. The third-order valence-electron chi connectivity index (χ3n) is 5.29. The zero-order valence-electron chi connectivity index (χ0n) is 16.7. The Hall–Kier alpha value is -2.62. The number of hydrogen-bond donors (Lipinski definition) is 1. The minimum atomic E-state index is -3.73. The normalized spacial score (nSPS) is 19.4. The summed E-state index contributed by atoms with van der Waals surface area (Å²) in [6, 6.07) is 11.7. The smallest absolute Gasteiger partial charge is 0.255 e. The van der Waals surface area contributed by atoms with Gasteiger partial charge in [0.1, 0.15) is 11.5 Å². The zero-order chi connectivity index (χ0) is 21.1. The van der Waals surface area contributed by atoms with E-state index >= 15 is 0 Å². The fraction of sp³-hybridized carbons (Fsp3) is 0.381. The Morgan fingerprint density at radius 3 is 2.67 bits per heavy atom. The van der Waals surface area contributed by atoms with Crippen molar-refractivity contribution in [2.24, 2.45) is 0 Å². The SMILES string of the molecule is COc1ccc(S(=O)(=O)N2CCOCC2)cc1C(=O)NC1CCOc2ccccc21. The molecule has 4 rings (SSSR count). The molecule has 2 aliphatic heterocycles. The van der Waals surface area contributed by atoms with E-state index in [1.54, 1.807) is 0 Å². The molecule has 1 fully saturated rings. The monoisotopic (exact) mass is 432 g/mol. The summed E-state index contributed by atoms with van der Waals surface area (Å²) in [5.74, 6) is 0.658. The maximum atomic E-state index is 13.1. The number of amides is 1. The molecule has 9 heteroatoms. The van der Waals surface area contributed by atoms with Crippen molar-refractivity contribution in [2.45, 2.75) is 17.4 Å². The Balaban J connectivity index is 1.62. The summed E-state index contributed by atoms with van der Waals surface area (Å²) >= 11 is 0. The second kappa shape index (κ2) is 8.63. The van der Waals surface area contributed by atoms with E-state index in [0.717, 1.165) is 11.3 Å². The first-order valence-corrected chi connectivity index (χ1v) is 11.2. The van der Waals surface area contributed by atoms with E-state index in [4.69, 9.17) is 14.2 Å². The first-order chi connectivity index (χ1) is 14.5. The minimum absolute atomic E-state index is 0.0581. The number of morpholine rings is 1. The summed E-state index contributed by atoms with van der Waals surface area (Å²) in [4.78, 5) is 13.2. The van der Waals surface area contributed by atoms with Gasteiger partial charge in [-0.15, -0.1) is 0 Å². The lowest BCUT2D eigenvalue weighted by atomic mass is 10.00. The van der Waals surface area contributed by atoms with Crippen LogP contribution in [-0.4, -0.2) is 58.7 Å². The van der Waals surface area contributed by atoms with Crippen molar-refractivity contribution >= 4 is 15.9 Å². The second-order valence-corrected chi connectivity index (χ2v) is 9.02. The lowest BCUT2D eigenvalue weighted by Gasteiger charge is -2.27. The first kappa shape index (κ1) is 20.6. The Bertz CT molecular complexity index is 1030. The molecule has 0 radical (unpaired) electrons. The number of fused-ring (bicyclic) bond motifs is 1. The predicted octanol–water partition coefficient (Wildman–Crippen LogP) is 1.97. The molecule has 1 saturated heterocycles. The molecule has 1 unspecified atom stereocenters. The van der Waals surface area contributed by atoms with Crippen LogP contribution in [0.3, 0.4) is 0 Å². The number of methoxy groups -OCH3 is 1. The van der Waals surface area contributed by atoms with Crippen LogP contribution in [0.1, 0.15) is 28.4 Å². The molecule has 2 heterocycles. The molecular formula is C21H24N2O6S. The highest BCUT2D eigenvalue weighted by molar-refractivity contribution is 7.89. The summed E-state index contributed by atoms with van der Waals surface area (Å²) in [5.41, 5.74) is 1.07. The molecule has 1 amide bonds. The van der Waals surface area contributed by atoms with Crippen molar-refractivity contribution in [2.75, 3.05) is 40.0 Å². The highest BCUT2D eigenvalue weighted by atomic mass is 32.2. The molecule has 1 N–H and O–H groups in total. The zero-order valence-corrected chi connectivity index (χ0v) is 17.5. The van der Waals surface area contributed by atoms with Crippen molar-refractivity contribution in [1.29, 1.82) is 0 Å². The van der Waals surface area contributed by atoms with Gasteiger partial charge >= 0.3 is 0 Å². The van der Waals surface area contributed by atoms with Crippen LogP contribution in [0.5, 0.6) is 11.5 Å². The number of carbonyl (C=O) groups is 1. The molecule has 0 aliphatic carbocycles. The van der Waals surface area contributed by atoms with E-state index < -0.39 is 15.9 Å². The molecule has 8 nitrogen and oxygen atoms in total. The molecule has 0 spiro atoms. The van der Waals surface area contributed by atoms with E-state index in [1.165, 1.54) is 29.6 Å². The van der Waals surface area contributed by atoms with E-state index in [-0.39, 0.29) is 29.6 Å². The van der Waals surface area contributed by atoms with Crippen LogP contribution in [0, 0.1) is 0 Å². The number of carbonyl (C=O) groups excluding carboxylic acids is 1. The number of ether oxygens (including phenoxy) is 3.